The molecule has 0 aromatic heterocycles. The van der Waals surface area contributed by atoms with Gasteiger partial charge in [0.15, 0.2) is 0 Å². The number of aryl methyl sites for hydroxylation is 1. The molecule has 0 aliphatic carbocycles. The van der Waals surface area contributed by atoms with Crippen LogP contribution in [0.2, 0.25) is 0 Å². The molecule has 2 heterocycles. The Morgan fingerprint density at radius 2 is 1.83 bits per heavy atom. The zero-order valence-corrected chi connectivity index (χ0v) is 14.7. The van der Waals surface area contributed by atoms with Gasteiger partial charge in [-0.1, -0.05) is 31.5 Å². The smallest absolute Gasteiger partial charge is 0.225 e. The van der Waals surface area contributed by atoms with E-state index in [1.54, 1.807) is 0 Å². The predicted octanol–water partition coefficient (Wildman–Crippen LogP) is 2.85. The maximum absolute atomic E-state index is 12.2. The summed E-state index contributed by atoms with van der Waals surface area (Å²) in [4.78, 5) is 16.7. The first-order valence-corrected chi connectivity index (χ1v) is 8.64. The van der Waals surface area contributed by atoms with Crippen molar-refractivity contribution in [2.45, 2.75) is 45.3 Å². The van der Waals surface area contributed by atoms with Crippen molar-refractivity contribution in [1.82, 2.24) is 4.90 Å². The van der Waals surface area contributed by atoms with Crippen LogP contribution in [-0.2, 0) is 9.53 Å². The second-order valence-electron chi connectivity index (χ2n) is 7.25. The molecule has 3 rings (SSSR count). The number of carbonyl (C=O) groups is 1. The van der Waals surface area contributed by atoms with Gasteiger partial charge in [0.2, 0.25) is 5.91 Å². The van der Waals surface area contributed by atoms with E-state index < -0.39 is 0 Å². The molecule has 4 nitrogen and oxygen atoms in total. The quantitative estimate of drug-likeness (QED) is 0.859. The number of rotatable bonds is 3. The van der Waals surface area contributed by atoms with Crippen molar-refractivity contribution < 1.29 is 9.53 Å². The highest BCUT2D eigenvalue weighted by atomic mass is 16.5. The summed E-state index contributed by atoms with van der Waals surface area (Å²) in [5.74, 6) is 0.354. The Morgan fingerprint density at radius 1 is 1.22 bits per heavy atom. The molecule has 0 N–H and O–H groups in total. The number of amides is 1. The van der Waals surface area contributed by atoms with Crippen molar-refractivity contribution in [2.24, 2.45) is 5.92 Å². The van der Waals surface area contributed by atoms with Crippen molar-refractivity contribution in [3.05, 3.63) is 29.8 Å². The number of methoxy groups -OCH3 is 1. The molecule has 0 saturated carbocycles. The van der Waals surface area contributed by atoms with Gasteiger partial charge in [0.1, 0.15) is 0 Å². The molecular weight excluding hydrogens is 288 g/mol. The first-order chi connectivity index (χ1) is 11.0. The number of nitrogens with zero attached hydrogens (tertiary/aromatic N) is 2. The molecule has 2 aliphatic rings. The van der Waals surface area contributed by atoms with Gasteiger partial charge in [-0.15, -0.1) is 0 Å². The molecule has 2 fully saturated rings. The molecule has 1 amide bonds. The van der Waals surface area contributed by atoms with Crippen LogP contribution in [0.3, 0.4) is 0 Å². The minimum Gasteiger partial charge on any atom is -0.377 e. The Kier molecular flexibility index (Phi) is 4.37. The van der Waals surface area contributed by atoms with E-state index in [0.717, 1.165) is 32.5 Å². The lowest BCUT2D eigenvalue weighted by atomic mass is 9.73. The number of piperidine rings is 1. The number of likely N-dealkylation sites (tertiary alicyclic amines) is 1. The molecule has 1 aromatic carbocycles. The van der Waals surface area contributed by atoms with Crippen LogP contribution in [0.25, 0.3) is 0 Å². The van der Waals surface area contributed by atoms with Gasteiger partial charge < -0.3 is 14.5 Å². The van der Waals surface area contributed by atoms with Crippen LogP contribution in [-0.4, -0.2) is 49.2 Å². The predicted molar refractivity (Wildman–Crippen MR) is 92.7 cm³/mol. The topological polar surface area (TPSA) is 32.8 Å². The highest BCUT2D eigenvalue weighted by Gasteiger charge is 2.55. The highest BCUT2D eigenvalue weighted by molar-refractivity contribution is 5.78. The lowest BCUT2D eigenvalue weighted by Gasteiger charge is -2.62. The second-order valence-corrected chi connectivity index (χ2v) is 7.25. The Bertz CT molecular complexity index is 559. The lowest BCUT2D eigenvalue weighted by Crippen LogP contribution is -2.74. The number of hydrogen-bond donors (Lipinski definition) is 0. The molecular formula is C19H28N2O2. The van der Waals surface area contributed by atoms with Crippen LogP contribution in [0, 0.1) is 12.8 Å². The number of carbonyl (C=O) groups excluding carboxylic acids is 1. The SMILES string of the molecule is COC1CN(c2ccc(C)cc2)C12CCN(C(=O)C(C)C)CC2. The van der Waals surface area contributed by atoms with Crippen LogP contribution < -0.4 is 4.90 Å². The van der Waals surface area contributed by atoms with E-state index in [1.165, 1.54) is 11.3 Å². The fourth-order valence-electron chi connectivity index (χ4n) is 4.03. The minimum atomic E-state index is 0.0533. The number of ether oxygens (including phenoxy) is 1. The molecule has 0 radical (unpaired) electrons. The van der Waals surface area contributed by atoms with Crippen LogP contribution in [0.15, 0.2) is 24.3 Å². The van der Waals surface area contributed by atoms with Gasteiger partial charge in [-0.3, -0.25) is 4.79 Å². The third-order valence-corrected chi connectivity index (χ3v) is 5.55. The average molecular weight is 316 g/mol. The molecule has 23 heavy (non-hydrogen) atoms. The van der Waals surface area contributed by atoms with E-state index in [2.05, 4.69) is 36.1 Å². The number of benzene rings is 1. The standard InChI is InChI=1S/C19H28N2O2/c1-14(2)18(22)20-11-9-19(10-12-20)17(23-4)13-21(19)16-7-5-15(3)6-8-16/h5-8,14,17H,9-13H2,1-4H3. The average Bonchev–Trinajstić information content (AvgIpc) is 2.55. The van der Waals surface area contributed by atoms with Crippen molar-refractivity contribution in [3.63, 3.8) is 0 Å². The van der Waals surface area contributed by atoms with Crippen LogP contribution in [0.5, 0.6) is 0 Å². The van der Waals surface area contributed by atoms with Gasteiger partial charge in [0.25, 0.3) is 0 Å². The third-order valence-electron chi connectivity index (χ3n) is 5.55. The fourth-order valence-corrected chi connectivity index (χ4v) is 4.03. The Labute approximate surface area is 139 Å². The number of anilines is 1. The van der Waals surface area contributed by atoms with Gasteiger partial charge in [-0.25, -0.2) is 0 Å². The summed E-state index contributed by atoms with van der Waals surface area (Å²) in [5, 5.41) is 0. The zero-order valence-electron chi connectivity index (χ0n) is 14.7. The van der Waals surface area contributed by atoms with Crippen molar-refractivity contribution in [2.75, 3.05) is 31.6 Å². The molecule has 1 unspecified atom stereocenters. The van der Waals surface area contributed by atoms with Crippen LogP contribution in [0.1, 0.15) is 32.3 Å². The molecule has 1 aromatic rings. The summed E-state index contributed by atoms with van der Waals surface area (Å²) in [6.07, 6.45) is 2.23. The maximum atomic E-state index is 12.2. The molecule has 2 saturated heterocycles. The zero-order chi connectivity index (χ0) is 16.6. The van der Waals surface area contributed by atoms with E-state index >= 15 is 0 Å². The summed E-state index contributed by atoms with van der Waals surface area (Å²) in [6, 6.07) is 8.74. The summed E-state index contributed by atoms with van der Waals surface area (Å²) < 4.78 is 5.75. The monoisotopic (exact) mass is 316 g/mol. The molecule has 4 heteroatoms. The van der Waals surface area contributed by atoms with Gasteiger partial charge in [0.05, 0.1) is 11.6 Å². The van der Waals surface area contributed by atoms with E-state index in [-0.39, 0.29) is 23.5 Å². The molecule has 0 bridgehead atoms. The van der Waals surface area contributed by atoms with Gasteiger partial charge in [0, 0.05) is 38.3 Å². The molecule has 1 atom stereocenters. The summed E-state index contributed by atoms with van der Waals surface area (Å²) >= 11 is 0. The van der Waals surface area contributed by atoms with Gasteiger partial charge in [-0.2, -0.15) is 0 Å². The summed E-state index contributed by atoms with van der Waals surface area (Å²) in [7, 11) is 1.81. The summed E-state index contributed by atoms with van der Waals surface area (Å²) in [6.45, 7) is 8.68. The lowest BCUT2D eigenvalue weighted by molar-refractivity contribution is -0.138. The minimum absolute atomic E-state index is 0.0533. The van der Waals surface area contributed by atoms with Crippen LogP contribution >= 0.6 is 0 Å². The Balaban J connectivity index is 1.76. The normalized spacial score (nSPS) is 23.3. The molecule has 1 spiro atoms. The van der Waals surface area contributed by atoms with Gasteiger partial charge in [-0.05, 0) is 31.9 Å². The first-order valence-electron chi connectivity index (χ1n) is 8.64. The number of hydrogen-bond acceptors (Lipinski definition) is 3. The highest BCUT2D eigenvalue weighted by Crippen LogP contribution is 2.44. The van der Waals surface area contributed by atoms with Gasteiger partial charge >= 0.3 is 0 Å². The van der Waals surface area contributed by atoms with E-state index in [1.807, 2.05) is 25.9 Å². The van der Waals surface area contributed by atoms with E-state index in [4.69, 9.17) is 4.74 Å². The third kappa shape index (κ3) is 2.74. The Hall–Kier alpha value is -1.55. The molecule has 126 valence electrons. The largest absolute Gasteiger partial charge is 0.377 e. The molecule has 2 aliphatic heterocycles. The van der Waals surface area contributed by atoms with Crippen molar-refractivity contribution in [1.29, 1.82) is 0 Å². The Morgan fingerprint density at radius 3 is 2.35 bits per heavy atom. The van der Waals surface area contributed by atoms with E-state index in [9.17, 15) is 4.79 Å². The fraction of sp³-hybridized carbons (Fsp3) is 0.632. The van der Waals surface area contributed by atoms with Crippen molar-refractivity contribution >= 4 is 11.6 Å². The first kappa shape index (κ1) is 16.3. The van der Waals surface area contributed by atoms with Crippen LogP contribution in [0.4, 0.5) is 5.69 Å². The maximum Gasteiger partial charge on any atom is 0.225 e. The van der Waals surface area contributed by atoms with E-state index in [0.29, 0.717) is 0 Å². The summed E-state index contributed by atoms with van der Waals surface area (Å²) in [5.41, 5.74) is 2.61. The van der Waals surface area contributed by atoms with Crippen molar-refractivity contribution in [3.8, 4) is 0 Å². The second kappa shape index (κ2) is 6.16.